The summed E-state index contributed by atoms with van der Waals surface area (Å²) in [7, 11) is 1.97. The van der Waals surface area contributed by atoms with Gasteiger partial charge in [0.25, 0.3) is 0 Å². The highest BCUT2D eigenvalue weighted by molar-refractivity contribution is 4.74. The van der Waals surface area contributed by atoms with Gasteiger partial charge in [-0.15, -0.1) is 0 Å². The van der Waals surface area contributed by atoms with Crippen LogP contribution in [0.3, 0.4) is 0 Å². The van der Waals surface area contributed by atoms with Crippen LogP contribution in [0, 0.1) is 0 Å². The van der Waals surface area contributed by atoms with Crippen LogP contribution in [0.5, 0.6) is 0 Å². The molecule has 0 amide bonds. The van der Waals surface area contributed by atoms with Crippen molar-refractivity contribution in [2.24, 2.45) is 5.73 Å². The van der Waals surface area contributed by atoms with E-state index in [1.165, 1.54) is 0 Å². The number of nitrogens with two attached hydrogens (primary N) is 1. The second kappa shape index (κ2) is 6.35. The van der Waals surface area contributed by atoms with Gasteiger partial charge >= 0.3 is 0 Å². The van der Waals surface area contributed by atoms with Crippen LogP contribution in [0.4, 0.5) is 0 Å². The fourth-order valence-electron chi connectivity index (χ4n) is 1.75. The largest absolute Gasteiger partial charge is 0.378 e. The smallest absolute Gasteiger partial charge is 0.0576 e. The maximum Gasteiger partial charge on any atom is 0.0576 e. The van der Waals surface area contributed by atoms with Crippen molar-refractivity contribution in [2.75, 3.05) is 20.2 Å². The lowest BCUT2D eigenvalue weighted by Gasteiger charge is -2.26. The van der Waals surface area contributed by atoms with Crippen molar-refractivity contribution in [1.82, 2.24) is 5.32 Å². The predicted octanol–water partition coefficient (Wildman–Crippen LogP) is 0.882. The maximum atomic E-state index is 5.81. The van der Waals surface area contributed by atoms with Crippen molar-refractivity contribution in [3.05, 3.63) is 0 Å². The van der Waals surface area contributed by atoms with E-state index >= 15 is 0 Å². The number of hydrogen-bond donors (Lipinski definition) is 2. The van der Waals surface area contributed by atoms with Gasteiger partial charge in [0.05, 0.1) is 6.10 Å². The molecule has 0 aromatic carbocycles. The lowest BCUT2D eigenvalue weighted by molar-refractivity contribution is 0.0242. The Bertz CT molecular complexity index is 122. The van der Waals surface area contributed by atoms with Crippen molar-refractivity contribution >= 4 is 0 Å². The van der Waals surface area contributed by atoms with E-state index in [-0.39, 0.29) is 0 Å². The van der Waals surface area contributed by atoms with Crippen molar-refractivity contribution in [2.45, 2.75) is 44.2 Å². The summed E-state index contributed by atoms with van der Waals surface area (Å²) >= 11 is 0. The minimum absolute atomic E-state index is 0.428. The third-order valence-electron chi connectivity index (χ3n) is 2.64. The van der Waals surface area contributed by atoms with E-state index in [1.54, 1.807) is 0 Å². The molecule has 0 unspecified atom stereocenters. The molecule has 0 atom stereocenters. The van der Waals surface area contributed by atoms with E-state index in [9.17, 15) is 0 Å². The second-order valence-electron chi connectivity index (χ2n) is 3.86. The minimum Gasteiger partial charge on any atom is -0.378 e. The molecule has 3 heteroatoms. The van der Waals surface area contributed by atoms with Gasteiger partial charge in [-0.25, -0.2) is 0 Å². The van der Waals surface area contributed by atoms with Gasteiger partial charge < -0.3 is 15.8 Å². The highest BCUT2D eigenvalue weighted by atomic mass is 16.5. The van der Waals surface area contributed by atoms with Gasteiger partial charge in [0.1, 0.15) is 0 Å². The second-order valence-corrected chi connectivity index (χ2v) is 3.86. The van der Waals surface area contributed by atoms with Crippen molar-refractivity contribution in [1.29, 1.82) is 0 Å². The molecule has 1 aliphatic carbocycles. The molecule has 78 valence electrons. The number of rotatable bonds is 5. The van der Waals surface area contributed by atoms with E-state index in [2.05, 4.69) is 5.32 Å². The van der Waals surface area contributed by atoms with E-state index in [0.29, 0.717) is 12.1 Å². The first-order chi connectivity index (χ1) is 6.33. The van der Waals surface area contributed by atoms with Gasteiger partial charge in [0, 0.05) is 12.6 Å². The summed E-state index contributed by atoms with van der Waals surface area (Å²) in [5.41, 5.74) is 5.81. The quantitative estimate of drug-likeness (QED) is 0.627. The molecule has 0 bridgehead atoms. The van der Waals surface area contributed by atoms with Crippen LogP contribution in [0.15, 0.2) is 0 Å². The summed E-state index contributed by atoms with van der Waals surface area (Å²) in [6.07, 6.45) is 6.17. The molecule has 13 heavy (non-hydrogen) atoms. The number of ether oxygens (including phenoxy) is 1. The molecule has 3 N–H and O–H groups in total. The Kier molecular flexibility index (Phi) is 5.35. The third-order valence-corrected chi connectivity index (χ3v) is 2.64. The number of hydrogen-bond acceptors (Lipinski definition) is 3. The Morgan fingerprint density at radius 1 is 1.31 bits per heavy atom. The fraction of sp³-hybridized carbons (Fsp3) is 1.00. The van der Waals surface area contributed by atoms with Crippen LogP contribution in [-0.2, 0) is 4.74 Å². The molecule has 3 nitrogen and oxygen atoms in total. The topological polar surface area (TPSA) is 47.3 Å². The summed E-state index contributed by atoms with van der Waals surface area (Å²) in [5, 5.41) is 3.11. The van der Waals surface area contributed by atoms with Gasteiger partial charge in [0.15, 0.2) is 0 Å². The third kappa shape index (κ3) is 4.60. The number of nitrogens with one attached hydrogen (secondary N) is 1. The fourth-order valence-corrected chi connectivity index (χ4v) is 1.75. The molecule has 0 aromatic heterocycles. The lowest BCUT2D eigenvalue weighted by Crippen LogP contribution is -2.30. The molecule has 1 saturated carbocycles. The summed E-state index contributed by atoms with van der Waals surface area (Å²) in [6.45, 7) is 1.94. The van der Waals surface area contributed by atoms with Crippen LogP contribution in [0.25, 0.3) is 0 Å². The Balaban J connectivity index is 1.96. The molecule has 0 aliphatic heterocycles. The Labute approximate surface area is 81.0 Å². The maximum absolute atomic E-state index is 5.81. The Morgan fingerprint density at radius 2 is 2.00 bits per heavy atom. The highest BCUT2D eigenvalue weighted by Gasteiger charge is 2.18. The molecule has 0 heterocycles. The lowest BCUT2D eigenvalue weighted by atomic mass is 9.94. The zero-order chi connectivity index (χ0) is 9.52. The first kappa shape index (κ1) is 11.0. The van der Waals surface area contributed by atoms with Crippen LogP contribution < -0.4 is 11.1 Å². The zero-order valence-corrected chi connectivity index (χ0v) is 8.59. The van der Waals surface area contributed by atoms with E-state index in [4.69, 9.17) is 10.5 Å². The summed E-state index contributed by atoms with van der Waals surface area (Å²) in [4.78, 5) is 0. The first-order valence-corrected chi connectivity index (χ1v) is 5.34. The standard InChI is InChI=1S/C10H22N2O/c1-12-7-2-8-13-10-5-3-9(11)4-6-10/h9-10,12H,2-8,11H2,1H3. The molecule has 1 aliphatic rings. The summed E-state index contributed by atoms with van der Waals surface area (Å²) in [5.74, 6) is 0. The van der Waals surface area contributed by atoms with Crippen molar-refractivity contribution in [3.8, 4) is 0 Å². The molecular formula is C10H22N2O. The zero-order valence-electron chi connectivity index (χ0n) is 8.59. The van der Waals surface area contributed by atoms with Crippen molar-refractivity contribution in [3.63, 3.8) is 0 Å². The van der Waals surface area contributed by atoms with Crippen LogP contribution in [0.1, 0.15) is 32.1 Å². The highest BCUT2D eigenvalue weighted by Crippen LogP contribution is 2.19. The normalized spacial score (nSPS) is 29.1. The van der Waals surface area contributed by atoms with E-state index < -0.39 is 0 Å². The first-order valence-electron chi connectivity index (χ1n) is 5.34. The minimum atomic E-state index is 0.428. The van der Waals surface area contributed by atoms with Crippen LogP contribution in [-0.4, -0.2) is 32.3 Å². The van der Waals surface area contributed by atoms with Gasteiger partial charge in [-0.1, -0.05) is 0 Å². The SMILES string of the molecule is CNCCCOC1CCC(N)CC1. The monoisotopic (exact) mass is 186 g/mol. The van der Waals surface area contributed by atoms with Crippen LogP contribution in [0.2, 0.25) is 0 Å². The predicted molar refractivity (Wildman–Crippen MR) is 54.7 cm³/mol. The molecule has 0 radical (unpaired) electrons. The molecule has 1 fully saturated rings. The van der Waals surface area contributed by atoms with E-state index in [0.717, 1.165) is 45.3 Å². The molecule has 0 saturated heterocycles. The Morgan fingerprint density at radius 3 is 2.62 bits per heavy atom. The Hall–Kier alpha value is -0.120. The van der Waals surface area contributed by atoms with Crippen molar-refractivity contribution < 1.29 is 4.74 Å². The van der Waals surface area contributed by atoms with E-state index in [1.807, 2.05) is 7.05 Å². The van der Waals surface area contributed by atoms with Crippen LogP contribution >= 0.6 is 0 Å². The summed E-state index contributed by atoms with van der Waals surface area (Å²) < 4.78 is 5.74. The molecular weight excluding hydrogens is 164 g/mol. The molecule has 0 spiro atoms. The van der Waals surface area contributed by atoms with Gasteiger partial charge in [-0.2, -0.15) is 0 Å². The average Bonchev–Trinajstić information content (AvgIpc) is 2.15. The summed E-state index contributed by atoms with van der Waals surface area (Å²) in [6, 6.07) is 0.428. The molecule has 1 rings (SSSR count). The van der Waals surface area contributed by atoms with Gasteiger partial charge in [-0.05, 0) is 45.7 Å². The molecule has 0 aromatic rings. The van der Waals surface area contributed by atoms with Gasteiger partial charge in [-0.3, -0.25) is 0 Å². The van der Waals surface area contributed by atoms with Gasteiger partial charge in [0.2, 0.25) is 0 Å². The average molecular weight is 186 g/mol.